The Morgan fingerprint density at radius 3 is 2.68 bits per heavy atom. The molecule has 0 aliphatic carbocycles. The molecule has 1 aliphatic rings. The van der Waals surface area contributed by atoms with Gasteiger partial charge < -0.3 is 9.47 Å². The molecule has 8 heteroatoms. The second kappa shape index (κ2) is 6.44. The van der Waals surface area contributed by atoms with Crippen molar-refractivity contribution in [1.29, 1.82) is 0 Å². The molecule has 0 aromatic carbocycles. The Hall–Kier alpha value is -2.48. The summed E-state index contributed by atoms with van der Waals surface area (Å²) >= 11 is 0. The van der Waals surface area contributed by atoms with Gasteiger partial charge in [0.1, 0.15) is 17.5 Å². The van der Waals surface area contributed by atoms with Gasteiger partial charge in [-0.1, -0.05) is 0 Å². The molecule has 0 N–H and O–H groups in total. The van der Waals surface area contributed by atoms with Gasteiger partial charge in [0.2, 0.25) is 0 Å². The van der Waals surface area contributed by atoms with Gasteiger partial charge in [0, 0.05) is 52.2 Å². The average molecular weight is 340 g/mol. The Morgan fingerprint density at radius 1 is 1.12 bits per heavy atom. The minimum atomic E-state index is 0.790. The first-order chi connectivity index (χ1) is 12.2. The van der Waals surface area contributed by atoms with Crippen LogP contribution in [0.15, 0.2) is 18.6 Å². The first-order valence-electron chi connectivity index (χ1n) is 8.79. The van der Waals surface area contributed by atoms with Crippen LogP contribution >= 0.6 is 0 Å². The summed E-state index contributed by atoms with van der Waals surface area (Å²) in [6, 6.07) is 0. The van der Waals surface area contributed by atoms with Crippen LogP contribution in [0.2, 0.25) is 0 Å². The molecule has 0 spiro atoms. The summed E-state index contributed by atoms with van der Waals surface area (Å²) in [7, 11) is 1.92. The lowest BCUT2D eigenvalue weighted by atomic mass is 10.2. The van der Waals surface area contributed by atoms with Crippen LogP contribution in [0.1, 0.15) is 18.6 Å². The summed E-state index contributed by atoms with van der Waals surface area (Å²) in [5.74, 6) is 2.94. The zero-order valence-corrected chi connectivity index (χ0v) is 15.1. The van der Waals surface area contributed by atoms with Gasteiger partial charge >= 0.3 is 0 Å². The summed E-state index contributed by atoms with van der Waals surface area (Å²) in [4.78, 5) is 18.5. The van der Waals surface area contributed by atoms with E-state index in [4.69, 9.17) is 4.98 Å². The fraction of sp³-hybridized carbons (Fsp3) is 0.529. The van der Waals surface area contributed by atoms with Gasteiger partial charge in [-0.15, -0.1) is 0 Å². The highest BCUT2D eigenvalue weighted by Gasteiger charge is 2.22. The summed E-state index contributed by atoms with van der Waals surface area (Å²) in [5.41, 5.74) is 0.898. The molecule has 1 saturated heterocycles. The van der Waals surface area contributed by atoms with Crippen LogP contribution in [-0.4, -0.2) is 60.4 Å². The van der Waals surface area contributed by atoms with E-state index in [1.807, 2.05) is 37.2 Å². The van der Waals surface area contributed by atoms with E-state index in [9.17, 15) is 0 Å². The van der Waals surface area contributed by atoms with Gasteiger partial charge in [-0.05, 0) is 13.8 Å². The van der Waals surface area contributed by atoms with Crippen molar-refractivity contribution in [2.24, 2.45) is 7.05 Å². The molecule has 0 unspecified atom stereocenters. The Morgan fingerprint density at radius 2 is 1.92 bits per heavy atom. The van der Waals surface area contributed by atoms with Crippen LogP contribution in [0.5, 0.6) is 0 Å². The molecule has 132 valence electrons. The third-order valence-electron chi connectivity index (χ3n) is 4.86. The smallest absolute Gasteiger partial charge is 0.163 e. The van der Waals surface area contributed by atoms with E-state index >= 15 is 0 Å². The number of nitrogens with zero attached hydrogens (tertiary/aromatic N) is 8. The third kappa shape index (κ3) is 2.97. The first-order valence-corrected chi connectivity index (χ1v) is 8.79. The molecule has 0 radical (unpaired) electrons. The normalized spacial score (nSPS) is 16.0. The second-order valence-electron chi connectivity index (χ2n) is 6.49. The molecule has 3 aromatic rings. The minimum Gasteiger partial charge on any atom is -0.353 e. The number of hydrogen-bond acceptors (Lipinski definition) is 6. The number of rotatable bonds is 4. The largest absolute Gasteiger partial charge is 0.353 e. The van der Waals surface area contributed by atoms with Crippen molar-refractivity contribution in [2.75, 3.05) is 31.1 Å². The SMILES string of the molecule is CCn1ccnc1CN1CCN(c2nc(C)nc3c2cnn3C)CC1. The quantitative estimate of drug-likeness (QED) is 0.711. The topological polar surface area (TPSA) is 67.9 Å². The van der Waals surface area contributed by atoms with Crippen molar-refractivity contribution in [3.63, 3.8) is 0 Å². The second-order valence-corrected chi connectivity index (χ2v) is 6.49. The number of hydrogen-bond donors (Lipinski definition) is 0. The van der Waals surface area contributed by atoms with E-state index in [1.165, 1.54) is 0 Å². The molecule has 4 heterocycles. The molecule has 25 heavy (non-hydrogen) atoms. The molecule has 0 amide bonds. The molecule has 8 nitrogen and oxygen atoms in total. The average Bonchev–Trinajstić information content (AvgIpc) is 3.22. The number of aromatic nitrogens is 6. The van der Waals surface area contributed by atoms with Crippen molar-refractivity contribution >= 4 is 16.9 Å². The van der Waals surface area contributed by atoms with Gasteiger partial charge in [0.25, 0.3) is 0 Å². The van der Waals surface area contributed by atoms with Crippen LogP contribution in [0, 0.1) is 6.92 Å². The predicted molar refractivity (Wildman–Crippen MR) is 96.4 cm³/mol. The minimum absolute atomic E-state index is 0.790. The number of piperazine rings is 1. The number of imidazole rings is 1. The summed E-state index contributed by atoms with van der Waals surface area (Å²) in [6.07, 6.45) is 5.81. The highest BCUT2D eigenvalue weighted by atomic mass is 15.3. The molecule has 4 rings (SSSR count). The van der Waals surface area contributed by atoms with Crippen LogP contribution in [0.25, 0.3) is 11.0 Å². The lowest BCUT2D eigenvalue weighted by Gasteiger charge is -2.35. The summed E-state index contributed by atoms with van der Waals surface area (Å²) in [6.45, 7) is 9.87. The number of fused-ring (bicyclic) bond motifs is 1. The van der Waals surface area contributed by atoms with Crippen LogP contribution in [-0.2, 0) is 20.1 Å². The van der Waals surface area contributed by atoms with Crippen molar-refractivity contribution in [3.05, 3.63) is 30.2 Å². The van der Waals surface area contributed by atoms with Crippen LogP contribution in [0.4, 0.5) is 5.82 Å². The Balaban J connectivity index is 1.49. The third-order valence-corrected chi connectivity index (χ3v) is 4.86. The Bertz CT molecular complexity index is 872. The summed E-state index contributed by atoms with van der Waals surface area (Å²) < 4.78 is 4.02. The Labute approximate surface area is 147 Å². The molecule has 1 fully saturated rings. The molecular weight excluding hydrogens is 316 g/mol. The van der Waals surface area contributed by atoms with Crippen molar-refractivity contribution in [1.82, 2.24) is 34.2 Å². The van der Waals surface area contributed by atoms with Crippen molar-refractivity contribution < 1.29 is 0 Å². The molecule has 0 saturated carbocycles. The van der Waals surface area contributed by atoms with Crippen molar-refractivity contribution in [2.45, 2.75) is 26.9 Å². The zero-order chi connectivity index (χ0) is 17.4. The standard InChI is InChI=1S/C17H24N8/c1-4-24-6-5-18-15(24)12-23-7-9-25(10-8-23)17-14-11-19-22(3)16(14)20-13(2)21-17/h5-6,11H,4,7-10,12H2,1-3H3. The predicted octanol–water partition coefficient (Wildman–Crippen LogP) is 1.21. The zero-order valence-electron chi connectivity index (χ0n) is 15.1. The highest BCUT2D eigenvalue weighted by Crippen LogP contribution is 2.24. The lowest BCUT2D eigenvalue weighted by molar-refractivity contribution is 0.240. The fourth-order valence-corrected chi connectivity index (χ4v) is 3.45. The maximum atomic E-state index is 4.69. The van der Waals surface area contributed by atoms with Gasteiger partial charge in [0.15, 0.2) is 5.65 Å². The Kier molecular flexibility index (Phi) is 4.12. The van der Waals surface area contributed by atoms with Gasteiger partial charge in [-0.2, -0.15) is 5.10 Å². The lowest BCUT2D eigenvalue weighted by Crippen LogP contribution is -2.46. The van der Waals surface area contributed by atoms with E-state index in [2.05, 4.69) is 36.4 Å². The van der Waals surface area contributed by atoms with E-state index in [1.54, 1.807) is 0 Å². The van der Waals surface area contributed by atoms with E-state index < -0.39 is 0 Å². The van der Waals surface area contributed by atoms with E-state index in [0.29, 0.717) is 0 Å². The molecule has 1 aliphatic heterocycles. The number of aryl methyl sites for hydroxylation is 3. The van der Waals surface area contributed by atoms with Gasteiger partial charge in [-0.25, -0.2) is 15.0 Å². The van der Waals surface area contributed by atoms with Crippen LogP contribution < -0.4 is 4.90 Å². The van der Waals surface area contributed by atoms with Crippen LogP contribution in [0.3, 0.4) is 0 Å². The molecule has 0 atom stereocenters. The molecular formula is C17H24N8. The van der Waals surface area contributed by atoms with E-state index in [0.717, 1.165) is 67.8 Å². The molecule has 0 bridgehead atoms. The fourth-order valence-electron chi connectivity index (χ4n) is 3.45. The summed E-state index contributed by atoms with van der Waals surface area (Å²) in [5, 5.41) is 5.37. The monoisotopic (exact) mass is 340 g/mol. The first kappa shape index (κ1) is 16.0. The highest BCUT2D eigenvalue weighted by molar-refractivity contribution is 5.87. The molecule has 3 aromatic heterocycles. The maximum absolute atomic E-state index is 4.69. The number of anilines is 1. The van der Waals surface area contributed by atoms with Gasteiger partial charge in [0.05, 0.1) is 18.1 Å². The van der Waals surface area contributed by atoms with Gasteiger partial charge in [-0.3, -0.25) is 9.58 Å². The maximum Gasteiger partial charge on any atom is 0.163 e. The van der Waals surface area contributed by atoms with E-state index in [-0.39, 0.29) is 0 Å². The van der Waals surface area contributed by atoms with Crippen molar-refractivity contribution in [3.8, 4) is 0 Å².